The number of amides is 2. The molecule has 1 aliphatic rings. The fourth-order valence-electron chi connectivity index (χ4n) is 3.92. The van der Waals surface area contributed by atoms with Crippen LogP contribution in [0.5, 0.6) is 11.5 Å². The minimum absolute atomic E-state index is 0.0105. The van der Waals surface area contributed by atoms with E-state index >= 15 is 0 Å². The van der Waals surface area contributed by atoms with Crippen LogP contribution in [0.2, 0.25) is 0 Å². The number of fused-ring (bicyclic) bond motifs is 1. The smallest absolute Gasteiger partial charge is 0.260 e. The molecule has 31 heavy (non-hydrogen) atoms. The molecule has 0 aliphatic carbocycles. The van der Waals surface area contributed by atoms with Crippen molar-refractivity contribution in [3.8, 4) is 11.5 Å². The van der Waals surface area contributed by atoms with Crippen LogP contribution in [0.15, 0.2) is 66.7 Å². The van der Waals surface area contributed by atoms with Crippen LogP contribution < -0.4 is 9.47 Å². The summed E-state index contributed by atoms with van der Waals surface area (Å²) >= 11 is 0. The summed E-state index contributed by atoms with van der Waals surface area (Å²) < 4.78 is 10.9. The zero-order valence-corrected chi connectivity index (χ0v) is 17.6. The highest BCUT2D eigenvalue weighted by Crippen LogP contribution is 2.26. The predicted octanol–water partition coefficient (Wildman–Crippen LogP) is 3.60. The second-order valence-corrected chi connectivity index (χ2v) is 7.49. The van der Waals surface area contributed by atoms with Gasteiger partial charge in [-0.3, -0.25) is 9.59 Å². The number of hydrogen-bond donors (Lipinski definition) is 0. The molecule has 0 spiro atoms. The molecule has 0 bridgehead atoms. The highest BCUT2D eigenvalue weighted by Gasteiger charge is 2.24. The van der Waals surface area contributed by atoms with E-state index in [1.807, 2.05) is 59.5 Å². The van der Waals surface area contributed by atoms with Gasteiger partial charge in [0, 0.05) is 31.7 Å². The molecule has 0 N–H and O–H groups in total. The summed E-state index contributed by atoms with van der Waals surface area (Å²) in [7, 11) is 1.57. The third-order valence-electron chi connectivity index (χ3n) is 5.58. The van der Waals surface area contributed by atoms with Crippen LogP contribution in [0.4, 0.5) is 0 Å². The normalized spacial score (nSPS) is 14.2. The molecule has 1 fully saturated rings. The Morgan fingerprint density at radius 2 is 1.48 bits per heavy atom. The average molecular weight is 418 g/mol. The first-order valence-electron chi connectivity index (χ1n) is 10.5. The van der Waals surface area contributed by atoms with Crippen molar-refractivity contribution in [3.05, 3.63) is 72.3 Å². The Labute approximate surface area is 182 Å². The topological polar surface area (TPSA) is 59.1 Å². The van der Waals surface area contributed by atoms with Crippen LogP contribution in [0, 0.1) is 0 Å². The van der Waals surface area contributed by atoms with Gasteiger partial charge in [-0.05, 0) is 35.4 Å². The van der Waals surface area contributed by atoms with Crippen LogP contribution in [-0.4, -0.2) is 61.5 Å². The van der Waals surface area contributed by atoms with E-state index < -0.39 is 0 Å². The van der Waals surface area contributed by atoms with Crippen molar-refractivity contribution in [1.82, 2.24) is 9.80 Å². The van der Waals surface area contributed by atoms with Gasteiger partial charge in [-0.1, -0.05) is 48.5 Å². The highest BCUT2D eigenvalue weighted by atomic mass is 16.5. The number of ether oxygens (including phenoxy) is 2. The van der Waals surface area contributed by atoms with Crippen molar-refractivity contribution < 1.29 is 19.1 Å². The third kappa shape index (κ3) is 4.63. The lowest BCUT2D eigenvalue weighted by Crippen LogP contribution is -2.39. The van der Waals surface area contributed by atoms with Crippen molar-refractivity contribution in [1.29, 1.82) is 0 Å². The van der Waals surface area contributed by atoms with Gasteiger partial charge in [-0.2, -0.15) is 0 Å². The van der Waals surface area contributed by atoms with Gasteiger partial charge in [0.15, 0.2) is 18.1 Å². The molecule has 3 aromatic carbocycles. The van der Waals surface area contributed by atoms with E-state index in [2.05, 4.69) is 0 Å². The first-order chi connectivity index (χ1) is 15.2. The molecule has 3 aromatic rings. The van der Waals surface area contributed by atoms with Crippen molar-refractivity contribution in [2.45, 2.75) is 6.42 Å². The van der Waals surface area contributed by atoms with Gasteiger partial charge in [0.25, 0.3) is 11.8 Å². The predicted molar refractivity (Wildman–Crippen MR) is 120 cm³/mol. The summed E-state index contributed by atoms with van der Waals surface area (Å²) in [4.78, 5) is 29.5. The molecule has 1 saturated heterocycles. The van der Waals surface area contributed by atoms with Crippen LogP contribution in [0.25, 0.3) is 10.8 Å². The largest absolute Gasteiger partial charge is 0.493 e. The molecule has 6 heteroatoms. The molecule has 0 radical (unpaired) electrons. The Kier molecular flexibility index (Phi) is 6.36. The van der Waals surface area contributed by atoms with Crippen LogP contribution in [-0.2, 0) is 4.79 Å². The zero-order chi connectivity index (χ0) is 21.6. The van der Waals surface area contributed by atoms with Gasteiger partial charge >= 0.3 is 0 Å². The molecule has 0 unspecified atom stereocenters. The Balaban J connectivity index is 1.39. The van der Waals surface area contributed by atoms with Crippen molar-refractivity contribution in [2.75, 3.05) is 39.9 Å². The molecule has 0 saturated carbocycles. The zero-order valence-electron chi connectivity index (χ0n) is 17.6. The molecular weight excluding hydrogens is 392 g/mol. The second-order valence-electron chi connectivity index (χ2n) is 7.49. The van der Waals surface area contributed by atoms with E-state index in [0.29, 0.717) is 43.2 Å². The number of nitrogens with zero attached hydrogens (tertiary/aromatic N) is 2. The first-order valence-corrected chi connectivity index (χ1v) is 10.5. The molecule has 1 heterocycles. The number of benzene rings is 3. The number of para-hydroxylation sites is 2. The Morgan fingerprint density at radius 3 is 2.32 bits per heavy atom. The van der Waals surface area contributed by atoms with E-state index in [-0.39, 0.29) is 18.4 Å². The number of hydrogen-bond acceptors (Lipinski definition) is 4. The van der Waals surface area contributed by atoms with Gasteiger partial charge in [-0.15, -0.1) is 0 Å². The van der Waals surface area contributed by atoms with Gasteiger partial charge in [0.1, 0.15) is 0 Å². The summed E-state index contributed by atoms with van der Waals surface area (Å²) in [6.45, 7) is 2.16. The van der Waals surface area contributed by atoms with Crippen LogP contribution in [0.3, 0.4) is 0 Å². The summed E-state index contributed by atoms with van der Waals surface area (Å²) in [6, 6.07) is 21.0. The Hall–Kier alpha value is -3.54. The van der Waals surface area contributed by atoms with Crippen LogP contribution >= 0.6 is 0 Å². The number of carbonyl (C=O) groups excluding carboxylic acids is 2. The number of carbonyl (C=O) groups is 2. The SMILES string of the molecule is COc1ccccc1OCC(=O)N1CCCN(C(=O)c2cccc3ccccc23)CC1. The first kappa shape index (κ1) is 20.7. The summed E-state index contributed by atoms with van der Waals surface area (Å²) in [5.74, 6) is 1.06. The maximum Gasteiger partial charge on any atom is 0.260 e. The van der Waals surface area contributed by atoms with Crippen LogP contribution in [0.1, 0.15) is 16.8 Å². The molecule has 160 valence electrons. The minimum Gasteiger partial charge on any atom is -0.493 e. The fourth-order valence-corrected chi connectivity index (χ4v) is 3.92. The van der Waals surface area contributed by atoms with E-state index in [9.17, 15) is 9.59 Å². The maximum absolute atomic E-state index is 13.2. The van der Waals surface area contributed by atoms with E-state index in [1.54, 1.807) is 24.1 Å². The van der Waals surface area contributed by atoms with Gasteiger partial charge < -0.3 is 19.3 Å². The van der Waals surface area contributed by atoms with Gasteiger partial charge in [0.05, 0.1) is 7.11 Å². The van der Waals surface area contributed by atoms with E-state index in [4.69, 9.17) is 9.47 Å². The summed E-state index contributed by atoms with van der Waals surface area (Å²) in [5.41, 5.74) is 0.706. The molecular formula is C25H26N2O4. The van der Waals surface area contributed by atoms with E-state index in [1.165, 1.54) is 0 Å². The Bertz CT molecular complexity index is 1080. The number of rotatable bonds is 5. The van der Waals surface area contributed by atoms with Crippen molar-refractivity contribution >= 4 is 22.6 Å². The molecule has 6 nitrogen and oxygen atoms in total. The lowest BCUT2D eigenvalue weighted by molar-refractivity contribution is -0.133. The molecule has 1 aliphatic heterocycles. The molecule has 2 amide bonds. The van der Waals surface area contributed by atoms with Crippen molar-refractivity contribution in [3.63, 3.8) is 0 Å². The Morgan fingerprint density at radius 1 is 0.806 bits per heavy atom. The third-order valence-corrected chi connectivity index (χ3v) is 5.58. The minimum atomic E-state index is -0.0923. The molecule has 0 atom stereocenters. The average Bonchev–Trinajstić information content (AvgIpc) is 3.08. The van der Waals surface area contributed by atoms with E-state index in [0.717, 1.165) is 17.2 Å². The van der Waals surface area contributed by atoms with Gasteiger partial charge in [0.2, 0.25) is 0 Å². The monoisotopic (exact) mass is 418 g/mol. The lowest BCUT2D eigenvalue weighted by atomic mass is 10.0. The fraction of sp³-hybridized carbons (Fsp3) is 0.280. The molecule has 0 aromatic heterocycles. The quantitative estimate of drug-likeness (QED) is 0.635. The summed E-state index contributed by atoms with van der Waals surface area (Å²) in [6.07, 6.45) is 0.733. The highest BCUT2D eigenvalue weighted by molar-refractivity contribution is 6.07. The van der Waals surface area contributed by atoms with Crippen molar-refractivity contribution in [2.24, 2.45) is 0 Å². The van der Waals surface area contributed by atoms with Gasteiger partial charge in [-0.25, -0.2) is 0 Å². The maximum atomic E-state index is 13.2. The standard InChI is InChI=1S/C25H26N2O4/c1-30-22-12-4-5-13-23(22)31-18-24(28)26-14-7-15-27(17-16-26)25(29)21-11-6-9-19-8-2-3-10-20(19)21/h2-6,8-13H,7,14-18H2,1H3. The second kappa shape index (κ2) is 9.51. The molecule has 4 rings (SSSR count). The summed E-state index contributed by atoms with van der Waals surface area (Å²) in [5, 5.41) is 2.01. The lowest BCUT2D eigenvalue weighted by Gasteiger charge is -2.23. The number of methoxy groups -OCH3 is 1.